The Kier molecular flexibility index (Phi) is 4.31. The topological polar surface area (TPSA) is 132 Å². The summed E-state index contributed by atoms with van der Waals surface area (Å²) in [5.74, 6) is -0.449. The van der Waals surface area contributed by atoms with Crippen molar-refractivity contribution in [1.29, 1.82) is 0 Å². The Morgan fingerprint density at radius 1 is 1.31 bits per heavy atom. The molecule has 2 heterocycles. The Hall–Kier alpha value is -3.82. The number of nitro groups is 1. The van der Waals surface area contributed by atoms with E-state index in [1.165, 1.54) is 42.0 Å². The van der Waals surface area contributed by atoms with Crippen LogP contribution in [0, 0.1) is 17.0 Å². The van der Waals surface area contributed by atoms with Gasteiger partial charge >= 0.3 is 5.97 Å². The number of azo groups is 1. The number of nitro benzene ring substituents is 1. The highest BCUT2D eigenvalue weighted by Crippen LogP contribution is 2.33. The molecule has 2 aromatic heterocycles. The number of aromatic nitrogens is 2. The largest absolute Gasteiger partial charge is 0.494 e. The average molecular weight is 355 g/mol. The molecule has 0 aliphatic rings. The van der Waals surface area contributed by atoms with E-state index in [2.05, 4.69) is 15.2 Å². The van der Waals surface area contributed by atoms with E-state index in [0.717, 1.165) is 0 Å². The molecule has 1 N–H and O–H groups in total. The van der Waals surface area contributed by atoms with Gasteiger partial charge in [0.15, 0.2) is 5.82 Å². The second kappa shape index (κ2) is 6.59. The van der Waals surface area contributed by atoms with Crippen molar-refractivity contribution < 1.29 is 19.6 Å². The lowest BCUT2D eigenvalue weighted by Gasteiger charge is -2.03. The molecule has 10 heteroatoms. The number of hydrogen-bond donors (Lipinski definition) is 1. The fourth-order valence-electron chi connectivity index (χ4n) is 2.37. The van der Waals surface area contributed by atoms with Gasteiger partial charge in [-0.3, -0.25) is 14.5 Å². The Morgan fingerprint density at radius 2 is 2.08 bits per heavy atom. The Labute approximate surface area is 146 Å². The zero-order valence-electron chi connectivity index (χ0n) is 13.8. The number of carboxylic acid groups (broad SMARTS) is 1. The molecule has 3 rings (SSSR count). The van der Waals surface area contributed by atoms with E-state index in [4.69, 9.17) is 9.84 Å². The van der Waals surface area contributed by atoms with E-state index in [0.29, 0.717) is 22.9 Å². The van der Waals surface area contributed by atoms with E-state index >= 15 is 0 Å². The minimum absolute atomic E-state index is 0.0688. The number of aromatic carboxylic acids is 1. The third kappa shape index (κ3) is 3.07. The maximum atomic E-state index is 11.2. The highest BCUT2D eigenvalue weighted by molar-refractivity contribution is 5.87. The molecule has 0 unspecified atom stereocenters. The van der Waals surface area contributed by atoms with Crippen LogP contribution in [0.25, 0.3) is 5.65 Å². The van der Waals surface area contributed by atoms with Crippen LogP contribution in [0.5, 0.6) is 5.75 Å². The van der Waals surface area contributed by atoms with Crippen LogP contribution in [0.4, 0.5) is 17.2 Å². The molecule has 0 radical (unpaired) electrons. The van der Waals surface area contributed by atoms with Gasteiger partial charge in [-0.15, -0.1) is 10.2 Å². The Balaban J connectivity index is 2.10. The third-order valence-corrected chi connectivity index (χ3v) is 3.63. The zero-order valence-corrected chi connectivity index (χ0v) is 13.8. The predicted octanol–water partition coefficient (Wildman–Crippen LogP) is 3.67. The molecule has 3 aromatic rings. The van der Waals surface area contributed by atoms with Gasteiger partial charge in [0.1, 0.15) is 17.1 Å². The lowest BCUT2D eigenvalue weighted by molar-refractivity contribution is -0.384. The molecule has 0 spiro atoms. The number of ether oxygens (including phenoxy) is 1. The summed E-state index contributed by atoms with van der Waals surface area (Å²) < 4.78 is 6.63. The first kappa shape index (κ1) is 17.0. The van der Waals surface area contributed by atoms with Crippen molar-refractivity contribution in [3.05, 3.63) is 57.9 Å². The van der Waals surface area contributed by atoms with Crippen LogP contribution in [0.15, 0.2) is 46.8 Å². The van der Waals surface area contributed by atoms with Gasteiger partial charge in [-0.25, -0.2) is 9.78 Å². The van der Waals surface area contributed by atoms with Gasteiger partial charge in [-0.05, 0) is 25.1 Å². The van der Waals surface area contributed by atoms with E-state index in [1.54, 1.807) is 13.0 Å². The van der Waals surface area contributed by atoms with Gasteiger partial charge in [-0.2, -0.15) is 0 Å². The van der Waals surface area contributed by atoms with E-state index in [9.17, 15) is 14.9 Å². The van der Waals surface area contributed by atoms with Crippen LogP contribution in [-0.2, 0) is 0 Å². The average Bonchev–Trinajstić information content (AvgIpc) is 2.93. The molecule has 0 amide bonds. The van der Waals surface area contributed by atoms with Crippen LogP contribution in [-0.4, -0.2) is 32.5 Å². The molecule has 0 saturated carbocycles. The molecule has 0 bridgehead atoms. The van der Waals surface area contributed by atoms with Crippen molar-refractivity contribution in [1.82, 2.24) is 9.38 Å². The van der Waals surface area contributed by atoms with Crippen LogP contribution in [0.2, 0.25) is 0 Å². The number of methoxy groups -OCH3 is 1. The molecule has 0 aliphatic heterocycles. The molecule has 0 atom stereocenters. The molecule has 10 nitrogen and oxygen atoms in total. The number of pyridine rings is 1. The number of hydrogen-bond acceptors (Lipinski definition) is 7. The van der Waals surface area contributed by atoms with Gasteiger partial charge in [0.25, 0.3) is 5.69 Å². The SMILES string of the molecule is COc1ccc([N+](=O)[O-])cc1N=Nc1c(C)nc2ccc(C(=O)O)cn12. The van der Waals surface area contributed by atoms with Crippen LogP contribution < -0.4 is 4.74 Å². The monoisotopic (exact) mass is 355 g/mol. The first-order valence-corrected chi connectivity index (χ1v) is 7.37. The molecule has 1 aromatic carbocycles. The van der Waals surface area contributed by atoms with E-state index < -0.39 is 10.9 Å². The van der Waals surface area contributed by atoms with Gasteiger partial charge in [0, 0.05) is 18.3 Å². The smallest absolute Gasteiger partial charge is 0.337 e. The van der Waals surface area contributed by atoms with Crippen molar-refractivity contribution in [3.63, 3.8) is 0 Å². The Bertz CT molecular complexity index is 1060. The second-order valence-electron chi connectivity index (χ2n) is 5.29. The summed E-state index contributed by atoms with van der Waals surface area (Å²) in [6, 6.07) is 6.97. The van der Waals surface area contributed by atoms with Crippen molar-refractivity contribution in [3.8, 4) is 5.75 Å². The fourth-order valence-corrected chi connectivity index (χ4v) is 2.37. The normalized spacial score (nSPS) is 11.2. The summed E-state index contributed by atoms with van der Waals surface area (Å²) >= 11 is 0. The summed E-state index contributed by atoms with van der Waals surface area (Å²) in [5, 5.41) is 28.2. The number of aryl methyl sites for hydroxylation is 1. The molecule has 132 valence electrons. The predicted molar refractivity (Wildman–Crippen MR) is 90.7 cm³/mol. The summed E-state index contributed by atoms with van der Waals surface area (Å²) in [7, 11) is 1.42. The second-order valence-corrected chi connectivity index (χ2v) is 5.29. The summed E-state index contributed by atoms with van der Waals surface area (Å²) in [6.07, 6.45) is 1.39. The van der Waals surface area contributed by atoms with Crippen molar-refractivity contribution in [2.24, 2.45) is 10.2 Å². The first-order valence-electron chi connectivity index (χ1n) is 7.37. The van der Waals surface area contributed by atoms with Gasteiger partial charge < -0.3 is 9.84 Å². The number of nitrogens with zero attached hydrogens (tertiary/aromatic N) is 5. The molecular formula is C16H13N5O5. The summed E-state index contributed by atoms with van der Waals surface area (Å²) in [5.41, 5.74) is 1.13. The first-order chi connectivity index (χ1) is 12.4. The van der Waals surface area contributed by atoms with Gasteiger partial charge in [-0.1, -0.05) is 0 Å². The van der Waals surface area contributed by atoms with Crippen molar-refractivity contribution in [2.75, 3.05) is 7.11 Å². The number of benzene rings is 1. The zero-order chi connectivity index (χ0) is 18.8. The summed E-state index contributed by atoms with van der Waals surface area (Å²) in [6.45, 7) is 1.70. The number of non-ortho nitro benzene ring substituents is 1. The van der Waals surface area contributed by atoms with E-state index in [1.807, 2.05) is 0 Å². The maximum absolute atomic E-state index is 11.2. The van der Waals surface area contributed by atoms with Crippen LogP contribution in [0.1, 0.15) is 16.1 Å². The Morgan fingerprint density at radius 3 is 2.73 bits per heavy atom. The molecule has 0 saturated heterocycles. The quantitative estimate of drug-likeness (QED) is 0.422. The fraction of sp³-hybridized carbons (Fsp3) is 0.125. The van der Waals surface area contributed by atoms with Crippen LogP contribution >= 0.6 is 0 Å². The van der Waals surface area contributed by atoms with E-state index in [-0.39, 0.29) is 16.9 Å². The lowest BCUT2D eigenvalue weighted by atomic mass is 10.2. The maximum Gasteiger partial charge on any atom is 0.337 e. The van der Waals surface area contributed by atoms with Gasteiger partial charge in [0.05, 0.1) is 23.3 Å². The number of carbonyl (C=O) groups is 1. The lowest BCUT2D eigenvalue weighted by Crippen LogP contribution is -1.98. The standard InChI is InChI=1S/C16H13N5O5/c1-9-15(20-8-10(16(22)23)3-6-14(20)17-9)19-18-12-7-11(21(24)25)4-5-13(12)26-2/h3-8H,1-2H3,(H,22,23). The van der Waals surface area contributed by atoms with Crippen molar-refractivity contribution in [2.45, 2.75) is 6.92 Å². The molecule has 0 aliphatic carbocycles. The number of imidazole rings is 1. The highest BCUT2D eigenvalue weighted by atomic mass is 16.6. The van der Waals surface area contributed by atoms with Crippen LogP contribution in [0.3, 0.4) is 0 Å². The molecular weight excluding hydrogens is 342 g/mol. The minimum atomic E-state index is -1.08. The van der Waals surface area contributed by atoms with Crippen molar-refractivity contribution >= 4 is 28.8 Å². The number of fused-ring (bicyclic) bond motifs is 1. The number of rotatable bonds is 5. The number of carboxylic acids is 1. The summed E-state index contributed by atoms with van der Waals surface area (Å²) in [4.78, 5) is 25.8. The third-order valence-electron chi connectivity index (χ3n) is 3.63. The molecule has 0 fully saturated rings. The minimum Gasteiger partial charge on any atom is -0.494 e. The molecule has 26 heavy (non-hydrogen) atoms. The highest BCUT2D eigenvalue weighted by Gasteiger charge is 2.14. The van der Waals surface area contributed by atoms with Gasteiger partial charge in [0.2, 0.25) is 0 Å².